The lowest BCUT2D eigenvalue weighted by molar-refractivity contribution is -0.121. The van der Waals surface area contributed by atoms with E-state index in [2.05, 4.69) is 10.3 Å². The minimum absolute atomic E-state index is 0.281. The lowest BCUT2D eigenvalue weighted by Gasteiger charge is -2.13. The fraction of sp³-hybridized carbons (Fsp3) is 0.267. The van der Waals surface area contributed by atoms with Crippen LogP contribution in [0.2, 0.25) is 0 Å². The third-order valence-electron chi connectivity index (χ3n) is 3.70. The summed E-state index contributed by atoms with van der Waals surface area (Å²) in [7, 11) is 0. The van der Waals surface area contributed by atoms with Gasteiger partial charge in [-0.05, 0) is 18.4 Å². The molecule has 21 heavy (non-hydrogen) atoms. The van der Waals surface area contributed by atoms with Gasteiger partial charge in [-0.15, -0.1) is 0 Å². The third-order valence-corrected chi connectivity index (χ3v) is 3.70. The van der Waals surface area contributed by atoms with Crippen LogP contribution in [0.4, 0.5) is 5.82 Å². The molecule has 1 aliphatic heterocycles. The number of rotatable bonds is 4. The molecule has 3 rings (SSSR count). The van der Waals surface area contributed by atoms with Crippen LogP contribution in [-0.2, 0) is 17.8 Å². The molecule has 1 amide bonds. The molecule has 0 saturated heterocycles. The number of anilines is 1. The molecule has 0 aliphatic carbocycles. The number of carbonyl (C=O) groups is 1. The number of amides is 1. The van der Waals surface area contributed by atoms with E-state index in [1.807, 2.05) is 30.3 Å². The van der Waals surface area contributed by atoms with Crippen molar-refractivity contribution < 1.29 is 4.79 Å². The number of aromatic nitrogens is 2. The van der Waals surface area contributed by atoms with E-state index in [1.54, 1.807) is 0 Å². The van der Waals surface area contributed by atoms with E-state index < -0.39 is 11.9 Å². The second-order valence-corrected chi connectivity index (χ2v) is 5.06. The molecule has 1 aliphatic rings. The van der Waals surface area contributed by atoms with Gasteiger partial charge in [0.15, 0.2) is 0 Å². The molecule has 0 radical (unpaired) electrons. The molecule has 2 heterocycles. The van der Waals surface area contributed by atoms with E-state index in [0.717, 1.165) is 11.3 Å². The Bertz CT molecular complexity index is 724. The van der Waals surface area contributed by atoms with E-state index >= 15 is 0 Å². The maximum absolute atomic E-state index is 11.9. The standard InChI is InChI=1S/C15H16N4O2/c16-14(21)11-6-7-12-15(18-9-13(20)19(11)12)17-8-10-4-2-1-3-5-10/h1-5,9,11,17H,6-8H2,(H2,16,21). The van der Waals surface area contributed by atoms with Crippen LogP contribution >= 0.6 is 0 Å². The highest BCUT2D eigenvalue weighted by Crippen LogP contribution is 2.27. The van der Waals surface area contributed by atoms with Crippen LogP contribution in [0, 0.1) is 0 Å². The maximum atomic E-state index is 11.9. The largest absolute Gasteiger partial charge is 0.368 e. The summed E-state index contributed by atoms with van der Waals surface area (Å²) in [6, 6.07) is 9.34. The molecule has 1 aromatic carbocycles. The van der Waals surface area contributed by atoms with Gasteiger partial charge in [-0.3, -0.25) is 14.2 Å². The topological polar surface area (TPSA) is 90.0 Å². The van der Waals surface area contributed by atoms with Gasteiger partial charge in [0.1, 0.15) is 11.9 Å². The van der Waals surface area contributed by atoms with Crippen molar-refractivity contribution >= 4 is 11.7 Å². The molecule has 1 aromatic heterocycles. The molecule has 6 nitrogen and oxygen atoms in total. The highest BCUT2D eigenvalue weighted by Gasteiger charge is 2.29. The second kappa shape index (κ2) is 5.40. The minimum atomic E-state index is -0.562. The van der Waals surface area contributed by atoms with Crippen LogP contribution < -0.4 is 16.6 Å². The summed E-state index contributed by atoms with van der Waals surface area (Å²) in [6.45, 7) is 0.611. The summed E-state index contributed by atoms with van der Waals surface area (Å²) >= 11 is 0. The number of nitrogens with one attached hydrogen (secondary N) is 1. The second-order valence-electron chi connectivity index (χ2n) is 5.06. The zero-order valence-corrected chi connectivity index (χ0v) is 11.5. The number of carbonyl (C=O) groups excluding carboxylic acids is 1. The summed E-state index contributed by atoms with van der Waals surface area (Å²) in [5.74, 6) is 0.165. The predicted octanol–water partition coefficient (Wildman–Crippen LogP) is 0.828. The van der Waals surface area contributed by atoms with Crippen LogP contribution in [0.1, 0.15) is 23.7 Å². The maximum Gasteiger partial charge on any atom is 0.270 e. The van der Waals surface area contributed by atoms with E-state index in [0.29, 0.717) is 25.2 Å². The molecular weight excluding hydrogens is 268 g/mol. The average Bonchev–Trinajstić information content (AvgIpc) is 2.94. The number of nitrogens with zero attached hydrogens (tertiary/aromatic N) is 2. The summed E-state index contributed by atoms with van der Waals surface area (Å²) in [4.78, 5) is 27.5. The molecule has 0 saturated carbocycles. The number of hydrogen-bond donors (Lipinski definition) is 2. The summed E-state index contributed by atoms with van der Waals surface area (Å²) in [5, 5.41) is 3.23. The van der Waals surface area contributed by atoms with Crippen molar-refractivity contribution in [2.24, 2.45) is 5.73 Å². The molecule has 0 fully saturated rings. The van der Waals surface area contributed by atoms with Gasteiger partial charge < -0.3 is 11.1 Å². The van der Waals surface area contributed by atoms with E-state index in [4.69, 9.17) is 5.73 Å². The highest BCUT2D eigenvalue weighted by atomic mass is 16.2. The van der Waals surface area contributed by atoms with Gasteiger partial charge in [-0.1, -0.05) is 30.3 Å². The van der Waals surface area contributed by atoms with Crippen LogP contribution in [-0.4, -0.2) is 15.5 Å². The van der Waals surface area contributed by atoms with Gasteiger partial charge in [0.25, 0.3) is 5.56 Å². The highest BCUT2D eigenvalue weighted by molar-refractivity contribution is 5.79. The smallest absolute Gasteiger partial charge is 0.270 e. The quantitative estimate of drug-likeness (QED) is 0.870. The van der Waals surface area contributed by atoms with Gasteiger partial charge in [0.05, 0.1) is 11.9 Å². The first kappa shape index (κ1) is 13.4. The van der Waals surface area contributed by atoms with Gasteiger partial charge in [-0.25, -0.2) is 4.98 Å². The molecule has 1 atom stereocenters. The Hall–Kier alpha value is -2.63. The van der Waals surface area contributed by atoms with Crippen molar-refractivity contribution in [2.75, 3.05) is 5.32 Å². The van der Waals surface area contributed by atoms with Gasteiger partial charge in [-0.2, -0.15) is 0 Å². The number of primary amides is 1. The van der Waals surface area contributed by atoms with Crippen LogP contribution in [0.3, 0.4) is 0 Å². The lowest BCUT2D eigenvalue weighted by atomic mass is 10.2. The van der Waals surface area contributed by atoms with Crippen molar-refractivity contribution in [2.45, 2.75) is 25.4 Å². The first-order valence-electron chi connectivity index (χ1n) is 6.84. The number of nitrogens with two attached hydrogens (primary N) is 1. The van der Waals surface area contributed by atoms with Gasteiger partial charge >= 0.3 is 0 Å². The minimum Gasteiger partial charge on any atom is -0.368 e. The Labute approximate surface area is 121 Å². The van der Waals surface area contributed by atoms with Crippen molar-refractivity contribution in [3.8, 4) is 0 Å². The van der Waals surface area contributed by atoms with Crippen LogP contribution in [0.5, 0.6) is 0 Å². The Morgan fingerprint density at radius 3 is 2.86 bits per heavy atom. The first-order valence-corrected chi connectivity index (χ1v) is 6.84. The zero-order chi connectivity index (χ0) is 14.8. The molecule has 0 bridgehead atoms. The monoisotopic (exact) mass is 284 g/mol. The van der Waals surface area contributed by atoms with Gasteiger partial charge in [0.2, 0.25) is 5.91 Å². The van der Waals surface area contributed by atoms with Crippen molar-refractivity contribution in [3.05, 3.63) is 58.1 Å². The lowest BCUT2D eigenvalue weighted by Crippen LogP contribution is -2.32. The normalized spacial score (nSPS) is 16.5. The summed E-state index contributed by atoms with van der Waals surface area (Å²) in [5.41, 5.74) is 6.95. The van der Waals surface area contributed by atoms with Crippen molar-refractivity contribution in [1.82, 2.24) is 9.55 Å². The number of benzene rings is 1. The molecular formula is C15H16N4O2. The van der Waals surface area contributed by atoms with Crippen LogP contribution in [0.25, 0.3) is 0 Å². The Kier molecular flexibility index (Phi) is 3.43. The number of fused-ring (bicyclic) bond motifs is 1. The van der Waals surface area contributed by atoms with Crippen molar-refractivity contribution in [1.29, 1.82) is 0 Å². The molecule has 1 unspecified atom stereocenters. The Morgan fingerprint density at radius 2 is 2.14 bits per heavy atom. The summed E-state index contributed by atoms with van der Waals surface area (Å²) in [6.07, 6.45) is 2.40. The van der Waals surface area contributed by atoms with E-state index in [1.165, 1.54) is 10.8 Å². The average molecular weight is 284 g/mol. The van der Waals surface area contributed by atoms with Crippen LogP contribution in [0.15, 0.2) is 41.3 Å². The zero-order valence-electron chi connectivity index (χ0n) is 11.5. The molecule has 2 aromatic rings. The first-order chi connectivity index (χ1) is 10.2. The van der Waals surface area contributed by atoms with E-state index in [-0.39, 0.29) is 5.56 Å². The summed E-state index contributed by atoms with van der Waals surface area (Å²) < 4.78 is 1.46. The van der Waals surface area contributed by atoms with Gasteiger partial charge in [0, 0.05) is 6.54 Å². The third kappa shape index (κ3) is 2.52. The molecule has 0 spiro atoms. The number of hydrogen-bond acceptors (Lipinski definition) is 4. The van der Waals surface area contributed by atoms with Crippen molar-refractivity contribution in [3.63, 3.8) is 0 Å². The van der Waals surface area contributed by atoms with E-state index in [9.17, 15) is 9.59 Å². The molecule has 6 heteroatoms. The SMILES string of the molecule is NC(=O)C1CCc2c(NCc3ccccc3)ncc(=O)n21. The predicted molar refractivity (Wildman–Crippen MR) is 78.8 cm³/mol. The fourth-order valence-corrected chi connectivity index (χ4v) is 2.69. The molecule has 3 N–H and O–H groups in total. The molecule has 108 valence electrons. The Morgan fingerprint density at radius 1 is 1.38 bits per heavy atom. The Balaban J connectivity index is 1.88. The fourth-order valence-electron chi connectivity index (χ4n) is 2.69.